The lowest BCUT2D eigenvalue weighted by molar-refractivity contribution is -0.120. The van der Waals surface area contributed by atoms with E-state index >= 15 is 0 Å². The van der Waals surface area contributed by atoms with Crippen molar-refractivity contribution in [2.24, 2.45) is 0 Å². The molecule has 1 atom stereocenters. The van der Waals surface area contributed by atoms with Gasteiger partial charge in [0.15, 0.2) is 0 Å². The lowest BCUT2D eigenvalue weighted by Gasteiger charge is -2.38. The van der Waals surface area contributed by atoms with E-state index < -0.39 is 15.6 Å². The van der Waals surface area contributed by atoms with Crippen molar-refractivity contribution in [1.82, 2.24) is 5.32 Å². The van der Waals surface area contributed by atoms with Crippen molar-refractivity contribution in [3.63, 3.8) is 0 Å². The predicted molar refractivity (Wildman–Crippen MR) is 126 cm³/mol. The number of carbonyl (C=O) groups excluding carboxylic acids is 1. The molecule has 2 aromatic carbocycles. The zero-order valence-corrected chi connectivity index (χ0v) is 20.2. The van der Waals surface area contributed by atoms with Gasteiger partial charge in [-0.05, 0) is 63.1 Å². The largest absolute Gasteiger partial charge is 0.494 e. The average molecular weight is 461 g/mol. The number of ether oxygens (including phenoxy) is 2. The number of fused-ring (bicyclic) bond motifs is 1. The first-order valence-corrected chi connectivity index (χ1v) is 12.6. The molecule has 0 aromatic heterocycles. The van der Waals surface area contributed by atoms with Gasteiger partial charge >= 0.3 is 0 Å². The van der Waals surface area contributed by atoms with Crippen molar-refractivity contribution in [2.45, 2.75) is 52.2 Å². The minimum Gasteiger partial charge on any atom is -0.494 e. The van der Waals surface area contributed by atoms with Crippen molar-refractivity contribution in [1.29, 1.82) is 0 Å². The monoisotopic (exact) mass is 460 g/mol. The number of carbonyl (C=O) groups is 1. The molecule has 0 fully saturated rings. The van der Waals surface area contributed by atoms with E-state index in [4.69, 9.17) is 9.47 Å². The minimum atomic E-state index is -3.67. The van der Waals surface area contributed by atoms with Crippen molar-refractivity contribution in [3.8, 4) is 11.5 Å². The van der Waals surface area contributed by atoms with Crippen LogP contribution in [0.15, 0.2) is 42.5 Å². The molecule has 1 amide bonds. The summed E-state index contributed by atoms with van der Waals surface area (Å²) in [6.07, 6.45) is 2.55. The van der Waals surface area contributed by atoms with Gasteiger partial charge < -0.3 is 14.8 Å². The fourth-order valence-corrected chi connectivity index (χ4v) is 4.64. The zero-order valence-electron chi connectivity index (χ0n) is 19.3. The smallest absolute Gasteiger partial charge is 0.241 e. The molecular formula is C24H32N2O5S. The number of anilines is 1. The Labute approximate surface area is 190 Å². The van der Waals surface area contributed by atoms with Crippen molar-refractivity contribution in [2.75, 3.05) is 23.7 Å². The molecule has 174 valence electrons. The molecule has 1 aliphatic heterocycles. The summed E-state index contributed by atoms with van der Waals surface area (Å²) in [5.41, 5.74) is 1.92. The number of hydrogen-bond acceptors (Lipinski definition) is 5. The Morgan fingerprint density at radius 1 is 1.22 bits per heavy atom. The lowest BCUT2D eigenvalue weighted by Crippen LogP contribution is -2.45. The molecule has 1 N–H and O–H groups in total. The number of aryl methyl sites for hydroxylation is 1. The van der Waals surface area contributed by atoms with E-state index in [0.29, 0.717) is 24.5 Å². The summed E-state index contributed by atoms with van der Waals surface area (Å²) in [5.74, 6) is 1.02. The van der Waals surface area contributed by atoms with E-state index in [1.54, 1.807) is 24.3 Å². The van der Waals surface area contributed by atoms with E-state index in [0.717, 1.165) is 33.9 Å². The van der Waals surface area contributed by atoms with Crippen LogP contribution in [0.5, 0.6) is 11.5 Å². The van der Waals surface area contributed by atoms with Crippen molar-refractivity contribution >= 4 is 21.6 Å². The average Bonchev–Trinajstić information content (AvgIpc) is 2.69. The molecule has 0 aliphatic carbocycles. The number of rotatable bonds is 8. The number of sulfonamides is 1. The summed E-state index contributed by atoms with van der Waals surface area (Å²) in [7, 11) is -3.67. The second-order valence-corrected chi connectivity index (χ2v) is 10.7. The molecule has 2 aromatic rings. The first kappa shape index (κ1) is 23.9. The van der Waals surface area contributed by atoms with Crippen LogP contribution in [0, 0.1) is 6.92 Å². The first-order chi connectivity index (χ1) is 15.0. The highest BCUT2D eigenvalue weighted by atomic mass is 32.2. The van der Waals surface area contributed by atoms with E-state index in [2.05, 4.69) is 5.32 Å². The molecule has 0 saturated carbocycles. The Kier molecular flexibility index (Phi) is 7.03. The summed E-state index contributed by atoms with van der Waals surface area (Å²) < 4.78 is 37.6. The Balaban J connectivity index is 1.78. The highest BCUT2D eigenvalue weighted by molar-refractivity contribution is 7.92. The molecule has 7 nitrogen and oxygen atoms in total. The maximum Gasteiger partial charge on any atom is 0.241 e. The highest BCUT2D eigenvalue weighted by Crippen LogP contribution is 2.39. The second kappa shape index (κ2) is 9.40. The van der Waals surface area contributed by atoms with Gasteiger partial charge in [0.25, 0.3) is 0 Å². The van der Waals surface area contributed by atoms with Crippen LogP contribution >= 0.6 is 0 Å². The third kappa shape index (κ3) is 5.94. The lowest BCUT2D eigenvalue weighted by atomic mass is 9.89. The summed E-state index contributed by atoms with van der Waals surface area (Å²) in [6, 6.07) is 12.3. The molecule has 0 bridgehead atoms. The van der Waals surface area contributed by atoms with Crippen LogP contribution in [0.4, 0.5) is 5.69 Å². The van der Waals surface area contributed by atoms with Crippen LogP contribution in [0.1, 0.15) is 50.8 Å². The zero-order chi connectivity index (χ0) is 23.5. The van der Waals surface area contributed by atoms with Gasteiger partial charge in [0.2, 0.25) is 15.9 Å². The summed E-state index contributed by atoms with van der Waals surface area (Å²) in [6.45, 7) is 8.22. The van der Waals surface area contributed by atoms with Gasteiger partial charge in [-0.15, -0.1) is 0 Å². The Hall–Kier alpha value is -2.74. The maximum atomic E-state index is 13.0. The molecule has 1 unspecified atom stereocenters. The summed E-state index contributed by atoms with van der Waals surface area (Å²) in [4.78, 5) is 13.0. The van der Waals surface area contributed by atoms with E-state index in [-0.39, 0.29) is 18.5 Å². The molecule has 32 heavy (non-hydrogen) atoms. The van der Waals surface area contributed by atoms with E-state index in [9.17, 15) is 13.2 Å². The normalized spacial score (nSPS) is 17.1. The van der Waals surface area contributed by atoms with Crippen LogP contribution in [0.2, 0.25) is 0 Å². The Morgan fingerprint density at radius 3 is 2.53 bits per heavy atom. The molecule has 0 spiro atoms. The molecular weight excluding hydrogens is 428 g/mol. The van der Waals surface area contributed by atoms with Crippen molar-refractivity contribution in [3.05, 3.63) is 53.6 Å². The van der Waals surface area contributed by atoms with E-state index in [1.807, 2.05) is 45.9 Å². The standard InChI is InChI=1S/C24H32N2O5S/c1-6-13-30-19-10-8-18(9-11-19)26(32(5,28)29)16-23(27)25-21-15-24(3,4)31-22-14-17(2)7-12-20(21)22/h7-12,14,21H,6,13,15-16H2,1-5H3,(H,25,27). The third-order valence-electron chi connectivity index (χ3n) is 5.25. The van der Waals surface area contributed by atoms with Crippen LogP contribution in [-0.4, -0.2) is 39.3 Å². The minimum absolute atomic E-state index is 0.270. The fraction of sp³-hybridized carbons (Fsp3) is 0.458. The number of amides is 1. The van der Waals surface area contributed by atoms with Gasteiger partial charge in [-0.2, -0.15) is 0 Å². The molecule has 1 heterocycles. The SMILES string of the molecule is CCCOc1ccc(N(CC(=O)NC2CC(C)(C)Oc3cc(C)ccc32)S(C)(=O)=O)cc1. The molecule has 1 aliphatic rings. The predicted octanol–water partition coefficient (Wildman–Crippen LogP) is 3.97. The maximum absolute atomic E-state index is 13.0. The van der Waals surface area contributed by atoms with Gasteiger partial charge in [-0.3, -0.25) is 9.10 Å². The Bertz CT molecular complexity index is 1060. The van der Waals surface area contributed by atoms with Gasteiger partial charge in [-0.25, -0.2) is 8.42 Å². The molecule has 0 saturated heterocycles. The first-order valence-electron chi connectivity index (χ1n) is 10.8. The fourth-order valence-electron chi connectivity index (χ4n) is 3.79. The van der Waals surface area contributed by atoms with Crippen LogP contribution in [-0.2, 0) is 14.8 Å². The number of hydrogen-bond donors (Lipinski definition) is 1. The number of benzene rings is 2. The number of nitrogens with one attached hydrogen (secondary N) is 1. The second-order valence-electron chi connectivity index (χ2n) is 8.84. The topological polar surface area (TPSA) is 84.9 Å². The van der Waals surface area contributed by atoms with Crippen molar-refractivity contribution < 1.29 is 22.7 Å². The quantitative estimate of drug-likeness (QED) is 0.644. The van der Waals surface area contributed by atoms with Crippen LogP contribution < -0.4 is 19.1 Å². The summed E-state index contributed by atoms with van der Waals surface area (Å²) in [5, 5.41) is 3.01. The van der Waals surface area contributed by atoms with Gasteiger partial charge in [0.05, 0.1) is 24.6 Å². The van der Waals surface area contributed by atoms with Gasteiger partial charge in [0.1, 0.15) is 23.6 Å². The van der Waals surface area contributed by atoms with Gasteiger partial charge in [-0.1, -0.05) is 19.1 Å². The Morgan fingerprint density at radius 2 is 1.91 bits per heavy atom. The van der Waals surface area contributed by atoms with Gasteiger partial charge in [0, 0.05) is 12.0 Å². The van der Waals surface area contributed by atoms with Crippen LogP contribution in [0.25, 0.3) is 0 Å². The van der Waals surface area contributed by atoms with E-state index in [1.165, 1.54) is 0 Å². The third-order valence-corrected chi connectivity index (χ3v) is 6.39. The molecule has 0 radical (unpaired) electrons. The highest BCUT2D eigenvalue weighted by Gasteiger charge is 2.35. The molecule has 3 rings (SSSR count). The number of nitrogens with zero attached hydrogens (tertiary/aromatic N) is 1. The van der Waals surface area contributed by atoms with Crippen LogP contribution in [0.3, 0.4) is 0 Å². The molecule has 8 heteroatoms. The summed E-state index contributed by atoms with van der Waals surface area (Å²) >= 11 is 0.